The fourth-order valence-electron chi connectivity index (χ4n) is 4.88. The van der Waals surface area contributed by atoms with Crippen LogP contribution in [0.3, 0.4) is 0 Å². The van der Waals surface area contributed by atoms with Gasteiger partial charge in [-0.3, -0.25) is 11.3 Å². The summed E-state index contributed by atoms with van der Waals surface area (Å²) in [5.74, 6) is 0.547. The van der Waals surface area contributed by atoms with E-state index in [-0.39, 0.29) is 60.5 Å². The number of nitrogens with zero attached hydrogens (tertiary/aromatic N) is 2. The predicted molar refractivity (Wildman–Crippen MR) is 175 cm³/mol. The van der Waals surface area contributed by atoms with E-state index in [2.05, 4.69) is 82.8 Å². The standard InChI is InChI=1S/C21H29N3S.C13H24O2.Ir/c1-13-14(10-20(2,3)4)8-9-15-16-18(25-17(13)15)19(24-12-23-16)22-11-21(5,6)7;1-5-10(6-2)12(14)9-13(15)11(7-3)8-4;/h8-9,11-12,19,22H,10H2,1-7H3;9-11,14H,5-8H2,1-4H3;/q-2;;/b;12-9-;. The summed E-state index contributed by atoms with van der Waals surface area (Å²) in [6, 6.07) is 4.52. The fraction of sp³-hybridized carbons (Fsp3) is 0.618. The minimum Gasteiger partial charge on any atom is -0.512 e. The summed E-state index contributed by atoms with van der Waals surface area (Å²) in [6.45, 7) is 25.9. The van der Waals surface area contributed by atoms with Crippen LogP contribution in [-0.2, 0) is 31.3 Å². The van der Waals surface area contributed by atoms with Crippen LogP contribution >= 0.6 is 11.3 Å². The van der Waals surface area contributed by atoms with Gasteiger partial charge in [-0.2, -0.15) is 5.41 Å². The third-order valence-corrected chi connectivity index (χ3v) is 8.71. The van der Waals surface area contributed by atoms with E-state index >= 15 is 0 Å². The first-order chi connectivity index (χ1) is 18.6. The normalized spacial score (nSPS) is 15.3. The Labute approximate surface area is 267 Å². The zero-order chi connectivity index (χ0) is 30.3. The average Bonchev–Trinajstić information content (AvgIpc) is 3.25. The molecule has 0 spiro atoms. The van der Waals surface area contributed by atoms with Crippen molar-refractivity contribution < 1.29 is 30.0 Å². The van der Waals surface area contributed by atoms with Gasteiger partial charge in [-0.25, -0.2) is 0 Å². The fourth-order valence-corrected chi connectivity index (χ4v) is 6.15. The van der Waals surface area contributed by atoms with Crippen molar-refractivity contribution in [1.29, 1.82) is 0 Å². The number of allylic oxidation sites excluding steroid dienone is 2. The van der Waals surface area contributed by atoms with Crippen LogP contribution in [-0.4, -0.2) is 17.2 Å². The third-order valence-electron chi connectivity index (χ3n) is 7.35. The number of thiophene rings is 1. The summed E-state index contributed by atoms with van der Waals surface area (Å²) >= 11 is 1.84. The van der Waals surface area contributed by atoms with Gasteiger partial charge in [0.15, 0.2) is 5.78 Å². The largest absolute Gasteiger partial charge is 0.512 e. The van der Waals surface area contributed by atoms with E-state index in [0.29, 0.717) is 0 Å². The number of carbonyl (C=O) groups excluding carboxylic acids is 1. The minimum absolute atomic E-state index is 0. The maximum atomic E-state index is 11.7. The molecule has 0 fully saturated rings. The van der Waals surface area contributed by atoms with Crippen LogP contribution in [0.15, 0.2) is 29.0 Å². The third kappa shape index (κ3) is 10.9. The smallest absolute Gasteiger partial charge is 0.162 e. The van der Waals surface area contributed by atoms with Gasteiger partial charge in [0.25, 0.3) is 0 Å². The molecular weight excluding hydrogens is 707 g/mol. The van der Waals surface area contributed by atoms with Gasteiger partial charge in [0, 0.05) is 53.8 Å². The second kappa shape index (κ2) is 16.4. The van der Waals surface area contributed by atoms with Crippen LogP contribution in [0, 0.1) is 36.1 Å². The topological polar surface area (TPSA) is 75.8 Å². The average molecular weight is 760 g/mol. The number of rotatable bonds is 10. The molecule has 1 radical (unpaired) electrons. The summed E-state index contributed by atoms with van der Waals surface area (Å²) in [4.78, 5) is 17.5. The van der Waals surface area contributed by atoms with Crippen molar-refractivity contribution in [1.82, 2.24) is 5.32 Å². The number of aryl methyl sites for hydroxylation is 1. The maximum Gasteiger partial charge on any atom is 0.162 e. The van der Waals surface area contributed by atoms with Gasteiger partial charge in [-0.15, -0.1) is 11.3 Å². The van der Waals surface area contributed by atoms with E-state index in [9.17, 15) is 9.90 Å². The summed E-state index contributed by atoms with van der Waals surface area (Å²) in [7, 11) is 0. The second-order valence-corrected chi connectivity index (χ2v) is 14.3. The Hall–Kier alpha value is -1.53. The Morgan fingerprint density at radius 1 is 1.07 bits per heavy atom. The first-order valence-electron chi connectivity index (χ1n) is 15.0. The van der Waals surface area contributed by atoms with Crippen LogP contribution in [0.4, 0.5) is 5.69 Å². The van der Waals surface area contributed by atoms with Gasteiger partial charge in [-0.1, -0.05) is 87.7 Å². The number of carbonyl (C=O) groups is 1. The SMILES string of the molecule is CCC(CC)C(=O)/C=C(\O)C(CC)CC.Cc1c(CC(C)(C)C)ccc2c3c(sc12)C(N[CH-]C(C)(C)C)[N-]C=N3.[Ir]. The first-order valence-corrected chi connectivity index (χ1v) is 15.8. The summed E-state index contributed by atoms with van der Waals surface area (Å²) in [6.07, 6.45) is 7.66. The van der Waals surface area contributed by atoms with E-state index in [1.165, 1.54) is 32.2 Å². The molecule has 2 aromatic rings. The molecule has 1 unspecified atom stereocenters. The summed E-state index contributed by atoms with van der Waals surface area (Å²) in [5.41, 5.74) is 4.30. The van der Waals surface area contributed by atoms with E-state index in [4.69, 9.17) is 0 Å². The molecule has 0 amide bonds. The maximum absolute atomic E-state index is 11.7. The van der Waals surface area contributed by atoms with Gasteiger partial charge < -0.3 is 20.7 Å². The zero-order valence-corrected chi connectivity index (χ0v) is 30.4. The molecule has 41 heavy (non-hydrogen) atoms. The molecule has 0 bridgehead atoms. The Bertz CT molecular complexity index is 1180. The summed E-state index contributed by atoms with van der Waals surface area (Å²) in [5, 5.41) is 19.0. The molecule has 5 nitrogen and oxygen atoms in total. The molecule has 233 valence electrons. The molecule has 3 rings (SSSR count). The van der Waals surface area contributed by atoms with E-state index in [0.717, 1.165) is 37.8 Å². The van der Waals surface area contributed by atoms with Gasteiger partial charge >= 0.3 is 0 Å². The number of nitrogens with one attached hydrogen (secondary N) is 1. The molecular formula is C34H53IrN3O2S-2. The number of hydrogen-bond acceptors (Lipinski definition) is 5. The van der Waals surface area contributed by atoms with Crippen LogP contribution in [0.25, 0.3) is 15.4 Å². The molecule has 1 aromatic heterocycles. The minimum atomic E-state index is -0.0328. The Balaban J connectivity index is 0.000000456. The van der Waals surface area contributed by atoms with Crippen molar-refractivity contribution in [2.45, 2.75) is 114 Å². The van der Waals surface area contributed by atoms with E-state index in [1.807, 2.05) is 39.0 Å². The monoisotopic (exact) mass is 760 g/mol. The van der Waals surface area contributed by atoms with E-state index in [1.54, 1.807) is 6.34 Å². The molecule has 0 saturated heterocycles. The van der Waals surface area contributed by atoms with Crippen molar-refractivity contribution >= 4 is 39.2 Å². The molecule has 1 aliphatic heterocycles. The van der Waals surface area contributed by atoms with Crippen molar-refractivity contribution in [2.75, 3.05) is 0 Å². The molecule has 1 atom stereocenters. The number of aliphatic hydroxyl groups is 1. The quantitative estimate of drug-likeness (QED) is 0.144. The number of hydrogen-bond donors (Lipinski definition) is 2. The van der Waals surface area contributed by atoms with Crippen molar-refractivity contribution in [2.24, 2.45) is 27.7 Å². The van der Waals surface area contributed by atoms with Gasteiger partial charge in [0.1, 0.15) is 0 Å². The van der Waals surface area contributed by atoms with Crippen LogP contribution in [0.5, 0.6) is 0 Å². The Kier molecular flexibility index (Phi) is 15.0. The van der Waals surface area contributed by atoms with Crippen molar-refractivity contribution in [3.63, 3.8) is 0 Å². The summed E-state index contributed by atoms with van der Waals surface area (Å²) < 4.78 is 1.35. The molecule has 7 heteroatoms. The van der Waals surface area contributed by atoms with Crippen LogP contribution in [0.2, 0.25) is 0 Å². The molecule has 0 aliphatic carbocycles. The van der Waals surface area contributed by atoms with E-state index < -0.39 is 0 Å². The molecule has 0 saturated carbocycles. The van der Waals surface area contributed by atoms with Crippen molar-refractivity contribution in [3.8, 4) is 0 Å². The number of aliphatic hydroxyl groups excluding tert-OH is 1. The second-order valence-electron chi connectivity index (χ2n) is 13.3. The van der Waals surface area contributed by atoms with Gasteiger partial charge in [0.2, 0.25) is 0 Å². The Morgan fingerprint density at radius 3 is 2.17 bits per heavy atom. The molecule has 2 N–H and O–H groups in total. The zero-order valence-electron chi connectivity index (χ0n) is 27.1. The first kappa shape index (κ1) is 37.5. The molecule has 1 aromatic carbocycles. The van der Waals surface area contributed by atoms with Crippen molar-refractivity contribution in [3.05, 3.63) is 51.8 Å². The van der Waals surface area contributed by atoms with Gasteiger partial charge in [0.05, 0.1) is 5.76 Å². The molecule has 2 heterocycles. The number of aliphatic imine (C=N–C) groups is 1. The van der Waals surface area contributed by atoms with Crippen LogP contribution in [0.1, 0.15) is 117 Å². The number of ketones is 1. The number of fused-ring (bicyclic) bond motifs is 3. The van der Waals surface area contributed by atoms with Crippen LogP contribution < -0.4 is 5.32 Å². The predicted octanol–water partition coefficient (Wildman–Crippen LogP) is 10.5. The van der Waals surface area contributed by atoms with Gasteiger partial charge in [-0.05, 0) is 66.6 Å². The molecule has 1 aliphatic rings. The Morgan fingerprint density at radius 2 is 1.66 bits per heavy atom. The number of benzene rings is 1.